The van der Waals surface area contributed by atoms with Crippen molar-refractivity contribution in [1.29, 1.82) is 0 Å². The van der Waals surface area contributed by atoms with Crippen LogP contribution in [0.3, 0.4) is 0 Å². The van der Waals surface area contributed by atoms with Crippen molar-refractivity contribution in [3.63, 3.8) is 0 Å². The Morgan fingerprint density at radius 2 is 1.41 bits per heavy atom. The number of halogens is 1. The number of pyridine rings is 1. The maximum absolute atomic E-state index is 6.14. The van der Waals surface area contributed by atoms with Crippen molar-refractivity contribution in [2.75, 3.05) is 27.8 Å². The summed E-state index contributed by atoms with van der Waals surface area (Å²) < 4.78 is 0. The average molecular weight is 511 g/mol. The highest BCUT2D eigenvalue weighted by Gasteiger charge is 2.09. The highest BCUT2D eigenvalue weighted by Crippen LogP contribution is 2.28. The molecule has 5 aromatic rings. The van der Waals surface area contributed by atoms with Crippen LogP contribution in [-0.4, -0.2) is 26.5 Å². The van der Waals surface area contributed by atoms with Gasteiger partial charge in [0.25, 0.3) is 0 Å². The standard InChI is InChI=1S/C28H27ClN8/c1-2-3-15-31-26-35-27(33-20-8-5-4-6-9-20)37-28(36-26)34-22-11-7-10-21(18-22)32-24-14-16-30-25-17-19(29)12-13-23(24)25/h4-14,16-18H,2-3,15H2,1H3,(H,30,32)(H3,31,33,34,35,36,37). The molecule has 0 fully saturated rings. The molecule has 0 amide bonds. The Hall–Kier alpha value is -4.43. The molecule has 37 heavy (non-hydrogen) atoms. The molecular formula is C28H27ClN8. The Kier molecular flexibility index (Phi) is 7.57. The number of fused-ring (bicyclic) bond motifs is 1. The fourth-order valence-electron chi connectivity index (χ4n) is 3.78. The van der Waals surface area contributed by atoms with Gasteiger partial charge in [0.15, 0.2) is 0 Å². The topological polar surface area (TPSA) is 99.7 Å². The number of unbranched alkanes of at least 4 members (excludes halogenated alkanes) is 1. The molecule has 0 aliphatic heterocycles. The minimum absolute atomic E-state index is 0.439. The fraction of sp³-hybridized carbons (Fsp3) is 0.143. The number of hydrogen-bond donors (Lipinski definition) is 4. The van der Waals surface area contributed by atoms with E-state index in [9.17, 15) is 0 Å². The molecule has 0 aliphatic carbocycles. The van der Waals surface area contributed by atoms with E-state index in [-0.39, 0.29) is 0 Å². The van der Waals surface area contributed by atoms with E-state index in [1.807, 2.05) is 78.9 Å². The fourth-order valence-corrected chi connectivity index (χ4v) is 3.95. The molecule has 8 nitrogen and oxygen atoms in total. The minimum atomic E-state index is 0.439. The summed E-state index contributed by atoms with van der Waals surface area (Å²) in [5, 5.41) is 15.0. The van der Waals surface area contributed by atoms with E-state index in [0.29, 0.717) is 22.9 Å². The Morgan fingerprint density at radius 3 is 2.19 bits per heavy atom. The summed E-state index contributed by atoms with van der Waals surface area (Å²) in [6.45, 7) is 2.94. The van der Waals surface area contributed by atoms with Crippen LogP contribution in [0.15, 0.2) is 85.1 Å². The van der Waals surface area contributed by atoms with Crippen molar-refractivity contribution in [3.8, 4) is 0 Å². The lowest BCUT2D eigenvalue weighted by Gasteiger charge is -2.13. The predicted molar refractivity (Wildman–Crippen MR) is 153 cm³/mol. The summed E-state index contributed by atoms with van der Waals surface area (Å²) >= 11 is 6.14. The first-order valence-electron chi connectivity index (χ1n) is 12.2. The third kappa shape index (κ3) is 6.42. The van der Waals surface area contributed by atoms with Gasteiger partial charge in [0.2, 0.25) is 17.8 Å². The Bertz CT molecular complexity index is 1490. The van der Waals surface area contributed by atoms with Crippen molar-refractivity contribution in [2.45, 2.75) is 19.8 Å². The number of nitrogens with one attached hydrogen (secondary N) is 4. The summed E-state index contributed by atoms with van der Waals surface area (Å²) in [6, 6.07) is 25.4. The summed E-state index contributed by atoms with van der Waals surface area (Å²) in [4.78, 5) is 18.1. The summed E-state index contributed by atoms with van der Waals surface area (Å²) in [5.41, 5.74) is 4.42. The van der Waals surface area contributed by atoms with Crippen LogP contribution in [0.1, 0.15) is 19.8 Å². The van der Waals surface area contributed by atoms with Crippen molar-refractivity contribution < 1.29 is 0 Å². The third-order valence-electron chi connectivity index (χ3n) is 5.58. The third-order valence-corrected chi connectivity index (χ3v) is 5.82. The van der Waals surface area contributed by atoms with Crippen LogP contribution in [0.2, 0.25) is 5.02 Å². The van der Waals surface area contributed by atoms with Gasteiger partial charge in [-0.15, -0.1) is 0 Å². The van der Waals surface area contributed by atoms with Crippen LogP contribution >= 0.6 is 11.6 Å². The number of para-hydroxylation sites is 1. The second-order valence-corrected chi connectivity index (χ2v) is 8.86. The van der Waals surface area contributed by atoms with Gasteiger partial charge in [0.05, 0.1) is 5.52 Å². The lowest BCUT2D eigenvalue weighted by atomic mass is 10.1. The largest absolute Gasteiger partial charge is 0.355 e. The van der Waals surface area contributed by atoms with Gasteiger partial charge in [0.1, 0.15) is 0 Å². The van der Waals surface area contributed by atoms with Crippen LogP contribution in [0, 0.1) is 0 Å². The normalized spacial score (nSPS) is 10.8. The summed E-state index contributed by atoms with van der Waals surface area (Å²) in [5.74, 6) is 1.41. The zero-order chi connectivity index (χ0) is 25.5. The van der Waals surface area contributed by atoms with E-state index in [1.165, 1.54) is 0 Å². The first-order valence-corrected chi connectivity index (χ1v) is 12.5. The zero-order valence-electron chi connectivity index (χ0n) is 20.4. The highest BCUT2D eigenvalue weighted by molar-refractivity contribution is 6.31. The van der Waals surface area contributed by atoms with Crippen molar-refractivity contribution in [2.24, 2.45) is 0 Å². The van der Waals surface area contributed by atoms with Crippen LogP contribution in [0.4, 0.5) is 40.6 Å². The number of nitrogens with zero attached hydrogens (tertiary/aromatic N) is 4. The van der Waals surface area contributed by atoms with E-state index >= 15 is 0 Å². The number of hydrogen-bond acceptors (Lipinski definition) is 8. The maximum Gasteiger partial charge on any atom is 0.233 e. The molecule has 0 saturated heterocycles. The molecule has 2 heterocycles. The lowest BCUT2D eigenvalue weighted by molar-refractivity contribution is 0.825. The second kappa shape index (κ2) is 11.5. The number of aromatic nitrogens is 4. The molecule has 0 aliphatic rings. The minimum Gasteiger partial charge on any atom is -0.355 e. The van der Waals surface area contributed by atoms with Crippen molar-refractivity contribution in [1.82, 2.24) is 19.9 Å². The van der Waals surface area contributed by atoms with E-state index in [0.717, 1.165) is 53.0 Å². The van der Waals surface area contributed by atoms with Crippen LogP contribution in [0.25, 0.3) is 10.9 Å². The van der Waals surface area contributed by atoms with Crippen LogP contribution in [-0.2, 0) is 0 Å². The van der Waals surface area contributed by atoms with Crippen molar-refractivity contribution in [3.05, 3.63) is 90.1 Å². The molecule has 186 valence electrons. The van der Waals surface area contributed by atoms with Gasteiger partial charge in [-0.2, -0.15) is 15.0 Å². The molecule has 3 aromatic carbocycles. The SMILES string of the molecule is CCCCNc1nc(Nc2ccccc2)nc(Nc2cccc(Nc3ccnc4cc(Cl)ccc34)c2)n1. The van der Waals surface area contributed by atoms with Gasteiger partial charge in [-0.25, -0.2) is 0 Å². The molecule has 0 spiro atoms. The number of benzene rings is 3. The molecule has 5 rings (SSSR count). The quantitative estimate of drug-likeness (QED) is 0.143. The molecule has 0 radical (unpaired) electrons. The monoisotopic (exact) mass is 510 g/mol. The van der Waals surface area contributed by atoms with Crippen LogP contribution in [0.5, 0.6) is 0 Å². The summed E-state index contributed by atoms with van der Waals surface area (Å²) in [7, 11) is 0. The Labute approximate surface area is 220 Å². The lowest BCUT2D eigenvalue weighted by Crippen LogP contribution is -2.10. The second-order valence-electron chi connectivity index (χ2n) is 8.43. The molecule has 2 aromatic heterocycles. The number of anilines is 7. The van der Waals surface area contributed by atoms with Gasteiger partial charge in [-0.1, -0.05) is 49.2 Å². The first kappa shape index (κ1) is 24.3. The van der Waals surface area contributed by atoms with Gasteiger partial charge in [-0.05, 0) is 61.0 Å². The highest BCUT2D eigenvalue weighted by atomic mass is 35.5. The molecular weight excluding hydrogens is 484 g/mol. The van der Waals surface area contributed by atoms with Gasteiger partial charge < -0.3 is 21.3 Å². The molecule has 0 unspecified atom stereocenters. The Morgan fingerprint density at radius 1 is 0.703 bits per heavy atom. The first-order chi connectivity index (χ1) is 18.2. The molecule has 9 heteroatoms. The van der Waals surface area contributed by atoms with Crippen molar-refractivity contribution >= 4 is 63.1 Å². The molecule has 0 saturated carbocycles. The van der Waals surface area contributed by atoms with Crippen LogP contribution < -0.4 is 21.3 Å². The average Bonchev–Trinajstić information content (AvgIpc) is 2.89. The van der Waals surface area contributed by atoms with Gasteiger partial charge >= 0.3 is 0 Å². The van der Waals surface area contributed by atoms with E-state index in [2.05, 4.69) is 48.1 Å². The van der Waals surface area contributed by atoms with E-state index in [1.54, 1.807) is 6.20 Å². The van der Waals surface area contributed by atoms with E-state index < -0.39 is 0 Å². The van der Waals surface area contributed by atoms with E-state index in [4.69, 9.17) is 11.6 Å². The summed E-state index contributed by atoms with van der Waals surface area (Å²) in [6.07, 6.45) is 3.87. The Balaban J connectivity index is 1.38. The zero-order valence-corrected chi connectivity index (χ0v) is 21.1. The number of rotatable bonds is 10. The smallest absolute Gasteiger partial charge is 0.233 e. The van der Waals surface area contributed by atoms with Gasteiger partial charge in [0, 0.05) is 45.9 Å². The molecule has 4 N–H and O–H groups in total. The maximum atomic E-state index is 6.14. The molecule has 0 bridgehead atoms. The predicted octanol–water partition coefficient (Wildman–Crippen LogP) is 7.52. The van der Waals surface area contributed by atoms with Gasteiger partial charge in [-0.3, -0.25) is 4.98 Å². The molecule has 0 atom stereocenters.